The first-order valence-electron chi connectivity index (χ1n) is 13.3. The molecule has 228 valence electrons. The summed E-state index contributed by atoms with van der Waals surface area (Å²) in [6, 6.07) is 10.9. The average Bonchev–Trinajstić information content (AvgIpc) is 3.45. The van der Waals surface area contributed by atoms with Crippen molar-refractivity contribution in [1.82, 2.24) is 4.90 Å². The molecule has 4 N–H and O–H groups in total. The number of halogens is 1. The molecule has 1 heterocycles. The molecule has 0 spiro atoms. The number of sulfone groups is 1. The molecular formula is C30H33FN4O7S. The number of ether oxygens (including phenoxy) is 2. The first-order valence-corrected chi connectivity index (χ1v) is 15.2. The fraction of sp³-hybridized carbons (Fsp3) is 0.300. The molecule has 4 rings (SSSR count). The van der Waals surface area contributed by atoms with E-state index in [4.69, 9.17) is 15.2 Å². The van der Waals surface area contributed by atoms with Gasteiger partial charge < -0.3 is 30.7 Å². The molecule has 0 radical (unpaired) electrons. The van der Waals surface area contributed by atoms with Gasteiger partial charge in [-0.3, -0.25) is 14.4 Å². The quantitative estimate of drug-likeness (QED) is 0.312. The van der Waals surface area contributed by atoms with Gasteiger partial charge in [0.15, 0.2) is 21.3 Å². The molecule has 1 fully saturated rings. The van der Waals surface area contributed by atoms with Gasteiger partial charge in [0.1, 0.15) is 11.9 Å². The van der Waals surface area contributed by atoms with Crippen molar-refractivity contribution in [1.29, 1.82) is 0 Å². The molecule has 1 aliphatic heterocycles. The second-order valence-corrected chi connectivity index (χ2v) is 12.1. The van der Waals surface area contributed by atoms with Crippen LogP contribution in [0.2, 0.25) is 0 Å². The van der Waals surface area contributed by atoms with Crippen LogP contribution in [0.5, 0.6) is 11.5 Å². The van der Waals surface area contributed by atoms with E-state index in [1.165, 1.54) is 50.3 Å². The summed E-state index contributed by atoms with van der Waals surface area (Å²) in [5.41, 5.74) is 6.44. The lowest BCUT2D eigenvalue weighted by atomic mass is 10.00. The minimum atomic E-state index is -3.71. The summed E-state index contributed by atoms with van der Waals surface area (Å²) in [5, 5.41) is 5.60. The van der Waals surface area contributed by atoms with E-state index < -0.39 is 39.6 Å². The number of nitrogens with one attached hydrogen (secondary N) is 2. The van der Waals surface area contributed by atoms with Crippen molar-refractivity contribution in [2.24, 2.45) is 5.73 Å². The third kappa shape index (κ3) is 6.88. The van der Waals surface area contributed by atoms with Crippen molar-refractivity contribution in [2.45, 2.75) is 36.7 Å². The third-order valence-electron chi connectivity index (χ3n) is 7.16. The van der Waals surface area contributed by atoms with Crippen molar-refractivity contribution >= 4 is 38.9 Å². The van der Waals surface area contributed by atoms with Gasteiger partial charge in [0.25, 0.3) is 0 Å². The van der Waals surface area contributed by atoms with E-state index in [9.17, 15) is 22.8 Å². The number of amides is 3. The lowest BCUT2D eigenvalue weighted by Crippen LogP contribution is -2.38. The number of carbonyl (C=O) groups is 3. The summed E-state index contributed by atoms with van der Waals surface area (Å²) in [6.45, 7) is 1.62. The third-order valence-corrected chi connectivity index (χ3v) is 8.33. The number of primary amides is 1. The maximum absolute atomic E-state index is 15.0. The Hall–Kier alpha value is -4.65. The van der Waals surface area contributed by atoms with E-state index in [2.05, 4.69) is 10.6 Å². The number of nitrogens with two attached hydrogens (primary N) is 1. The zero-order valence-electron chi connectivity index (χ0n) is 24.1. The monoisotopic (exact) mass is 612 g/mol. The number of hydrogen-bond donors (Lipinski definition) is 3. The van der Waals surface area contributed by atoms with E-state index >= 15 is 4.39 Å². The Bertz CT molecular complexity index is 1680. The van der Waals surface area contributed by atoms with Gasteiger partial charge in [0, 0.05) is 31.0 Å². The van der Waals surface area contributed by atoms with Crippen molar-refractivity contribution in [3.8, 4) is 11.5 Å². The second kappa shape index (κ2) is 12.7. The molecule has 1 saturated heterocycles. The number of rotatable bonds is 10. The standard InChI is InChI=1S/C30H33FN4O7S/c1-17(36)33-20-9-12-27(43(4,39)40)21(16-20)24-6-5-13-35(24)30(38)28(18-8-11-25(41-2)26(15-18)42-3)34-23-14-19(29(32)37)7-10-22(23)31/h7-12,14-16,24,28,34H,5-6,13H2,1-4H3,(H2,32,37)(H,33,36)/t24-,28-/m1/s1. The maximum atomic E-state index is 15.0. The summed E-state index contributed by atoms with van der Waals surface area (Å²) in [7, 11) is -0.809. The molecule has 3 aromatic carbocycles. The van der Waals surface area contributed by atoms with Crippen LogP contribution in [0.1, 0.15) is 53.3 Å². The largest absolute Gasteiger partial charge is 0.493 e. The highest BCUT2D eigenvalue weighted by Gasteiger charge is 2.37. The Morgan fingerprint density at radius 1 is 1.02 bits per heavy atom. The van der Waals surface area contributed by atoms with E-state index in [1.54, 1.807) is 24.3 Å². The Morgan fingerprint density at radius 2 is 1.74 bits per heavy atom. The topological polar surface area (TPSA) is 157 Å². The van der Waals surface area contributed by atoms with Gasteiger partial charge in [-0.25, -0.2) is 12.8 Å². The van der Waals surface area contributed by atoms with Gasteiger partial charge in [0.05, 0.1) is 30.8 Å². The highest BCUT2D eigenvalue weighted by atomic mass is 32.2. The van der Waals surface area contributed by atoms with Gasteiger partial charge >= 0.3 is 0 Å². The zero-order chi connectivity index (χ0) is 31.5. The van der Waals surface area contributed by atoms with E-state index in [0.29, 0.717) is 41.2 Å². The van der Waals surface area contributed by atoms with Gasteiger partial charge in [-0.05, 0) is 72.5 Å². The van der Waals surface area contributed by atoms with Gasteiger partial charge in [-0.1, -0.05) is 6.07 Å². The van der Waals surface area contributed by atoms with Crippen molar-refractivity contribution < 1.29 is 36.7 Å². The van der Waals surface area contributed by atoms with Crippen LogP contribution in [0.15, 0.2) is 59.5 Å². The van der Waals surface area contributed by atoms with Crippen LogP contribution < -0.4 is 25.8 Å². The SMILES string of the molecule is COc1ccc([C@@H](Nc2cc(C(N)=O)ccc2F)C(=O)N2CCC[C@@H]2c2cc(NC(C)=O)ccc2S(C)(=O)=O)cc1OC. The molecule has 13 heteroatoms. The second-order valence-electron chi connectivity index (χ2n) is 10.1. The highest BCUT2D eigenvalue weighted by molar-refractivity contribution is 7.90. The van der Waals surface area contributed by atoms with Gasteiger partial charge in [-0.15, -0.1) is 0 Å². The van der Waals surface area contributed by atoms with Crippen molar-refractivity contribution in [3.63, 3.8) is 0 Å². The van der Waals surface area contributed by atoms with E-state index in [0.717, 1.165) is 12.3 Å². The minimum Gasteiger partial charge on any atom is -0.493 e. The van der Waals surface area contributed by atoms with Crippen molar-refractivity contribution in [2.75, 3.05) is 37.7 Å². The number of likely N-dealkylation sites (tertiary alicyclic amines) is 1. The van der Waals surface area contributed by atoms with Crippen LogP contribution in [-0.2, 0) is 19.4 Å². The lowest BCUT2D eigenvalue weighted by Gasteiger charge is -2.31. The Kier molecular flexibility index (Phi) is 9.24. The van der Waals surface area contributed by atoms with Crippen LogP contribution in [0, 0.1) is 5.82 Å². The predicted molar refractivity (Wildman–Crippen MR) is 158 cm³/mol. The Morgan fingerprint density at radius 3 is 2.37 bits per heavy atom. The molecular weight excluding hydrogens is 579 g/mol. The first kappa shape index (κ1) is 31.3. The summed E-state index contributed by atoms with van der Waals surface area (Å²) >= 11 is 0. The summed E-state index contributed by atoms with van der Waals surface area (Å²) < 4.78 is 51.3. The molecule has 0 aromatic heterocycles. The van der Waals surface area contributed by atoms with Crippen molar-refractivity contribution in [3.05, 3.63) is 77.1 Å². The maximum Gasteiger partial charge on any atom is 0.250 e. The van der Waals surface area contributed by atoms with Gasteiger partial charge in [-0.2, -0.15) is 0 Å². The number of anilines is 2. The fourth-order valence-corrected chi connectivity index (χ4v) is 6.15. The van der Waals surface area contributed by atoms with Crippen LogP contribution in [0.4, 0.5) is 15.8 Å². The van der Waals surface area contributed by atoms with Gasteiger partial charge in [0.2, 0.25) is 17.7 Å². The minimum absolute atomic E-state index is 0.0298. The Labute approximate surface area is 249 Å². The summed E-state index contributed by atoms with van der Waals surface area (Å²) in [6.07, 6.45) is 2.09. The summed E-state index contributed by atoms with van der Waals surface area (Å²) in [5.74, 6) is -1.58. The molecule has 0 saturated carbocycles. The number of nitrogens with zero attached hydrogens (tertiary/aromatic N) is 1. The van der Waals surface area contributed by atoms with Crippen LogP contribution in [0.25, 0.3) is 0 Å². The fourth-order valence-electron chi connectivity index (χ4n) is 5.21. The summed E-state index contributed by atoms with van der Waals surface area (Å²) in [4.78, 5) is 39.5. The molecule has 1 aliphatic rings. The molecule has 0 aliphatic carbocycles. The van der Waals surface area contributed by atoms with E-state index in [1.807, 2.05) is 0 Å². The van der Waals surface area contributed by atoms with Crippen LogP contribution >= 0.6 is 0 Å². The molecule has 3 aromatic rings. The molecule has 0 unspecified atom stereocenters. The average molecular weight is 613 g/mol. The number of benzene rings is 3. The normalized spacial score (nSPS) is 15.5. The highest BCUT2D eigenvalue weighted by Crippen LogP contribution is 2.40. The molecule has 11 nitrogen and oxygen atoms in total. The first-order chi connectivity index (χ1) is 20.3. The predicted octanol–water partition coefficient (Wildman–Crippen LogP) is 3.82. The van der Waals surface area contributed by atoms with Crippen LogP contribution in [0.3, 0.4) is 0 Å². The molecule has 2 atom stereocenters. The number of hydrogen-bond acceptors (Lipinski definition) is 8. The zero-order valence-corrected chi connectivity index (χ0v) is 25.0. The molecule has 0 bridgehead atoms. The smallest absolute Gasteiger partial charge is 0.250 e. The molecule has 3 amide bonds. The number of methoxy groups -OCH3 is 2. The number of carbonyl (C=O) groups excluding carboxylic acids is 3. The Balaban J connectivity index is 1.83. The molecule has 43 heavy (non-hydrogen) atoms. The van der Waals surface area contributed by atoms with E-state index in [-0.39, 0.29) is 28.6 Å². The van der Waals surface area contributed by atoms with Crippen LogP contribution in [-0.4, -0.2) is 58.1 Å². The lowest BCUT2D eigenvalue weighted by molar-refractivity contribution is -0.133.